The molecule has 0 bridgehead atoms. The highest BCUT2D eigenvalue weighted by Crippen LogP contribution is 2.42. The van der Waals surface area contributed by atoms with Crippen LogP contribution in [0.2, 0.25) is 0 Å². The van der Waals surface area contributed by atoms with Gasteiger partial charge in [-0.15, -0.1) is 0 Å². The van der Waals surface area contributed by atoms with E-state index in [0.717, 1.165) is 54.1 Å². The number of rotatable bonds is 9. The molecule has 0 atom stereocenters. The van der Waals surface area contributed by atoms with Crippen LogP contribution in [0.25, 0.3) is 61.3 Å². The van der Waals surface area contributed by atoms with E-state index in [2.05, 4.69) is 250 Å². The van der Waals surface area contributed by atoms with Gasteiger partial charge in [-0.05, 0) is 146 Å². The quantitative estimate of drug-likeness (QED) is 0.144. The minimum absolute atomic E-state index is 1.02. The van der Waals surface area contributed by atoms with Gasteiger partial charge in [-0.3, -0.25) is 0 Å². The number of benzene rings is 8. The molecule has 306 valence electrons. The molecule has 0 radical (unpaired) electrons. The highest BCUT2D eigenvalue weighted by molar-refractivity contribution is 6.10. The molecule has 8 aromatic carbocycles. The summed E-state index contributed by atoms with van der Waals surface area (Å²) in [4.78, 5) is 4.79. The van der Waals surface area contributed by atoms with Crippen molar-refractivity contribution in [3.05, 3.63) is 241 Å². The first-order valence-electron chi connectivity index (χ1n) is 22.5. The average molecular weight is 823 g/mol. The van der Waals surface area contributed by atoms with E-state index in [1.54, 1.807) is 0 Å². The van der Waals surface area contributed by atoms with Crippen molar-refractivity contribution in [2.45, 2.75) is 25.7 Å². The fourth-order valence-electron chi connectivity index (χ4n) is 10.0. The predicted octanol–water partition coefficient (Wildman–Crippen LogP) is 16.2. The van der Waals surface area contributed by atoms with Gasteiger partial charge < -0.3 is 18.9 Å². The smallest absolute Gasteiger partial charge is 0.0542 e. The number of allylic oxidation sites excluding steroid dienone is 4. The van der Waals surface area contributed by atoms with Crippen molar-refractivity contribution >= 4 is 67.2 Å². The number of para-hydroxylation sites is 4. The standard InChI is InChI=1S/C60H46N4/c1-5-17-45(18-6-1)61(51-37-39-59-55(41-51)53-25-13-15-27-57(53)63(59)47-21-9-3-10-22-47)49-33-29-43(30-34-49)44-31-35-50(36-32-44)62(46-19-7-2-8-20-46)52-38-40-60-56(42-52)54-26-14-16-28-58(54)64(60)48-23-11-4-12-24-48/h1,3-7,9-14,16-26,28-42H,2,8,15,27H2. The summed E-state index contributed by atoms with van der Waals surface area (Å²) in [6.45, 7) is 0. The molecule has 2 aliphatic rings. The maximum Gasteiger partial charge on any atom is 0.0542 e. The number of anilines is 5. The zero-order chi connectivity index (χ0) is 42.4. The third-order valence-electron chi connectivity index (χ3n) is 13.0. The van der Waals surface area contributed by atoms with Gasteiger partial charge in [-0.25, -0.2) is 0 Å². The molecule has 2 aromatic heterocycles. The third kappa shape index (κ3) is 6.54. The zero-order valence-electron chi connectivity index (χ0n) is 35.6. The summed E-state index contributed by atoms with van der Waals surface area (Å²) < 4.78 is 4.83. The Kier molecular flexibility index (Phi) is 9.41. The molecule has 4 heteroatoms. The van der Waals surface area contributed by atoms with Gasteiger partial charge in [0.25, 0.3) is 0 Å². The third-order valence-corrected chi connectivity index (χ3v) is 13.0. The van der Waals surface area contributed by atoms with Crippen LogP contribution in [0, 0.1) is 0 Å². The summed E-state index contributed by atoms with van der Waals surface area (Å²) in [7, 11) is 0. The van der Waals surface area contributed by atoms with Crippen LogP contribution in [0.5, 0.6) is 0 Å². The van der Waals surface area contributed by atoms with E-state index in [4.69, 9.17) is 0 Å². The summed E-state index contributed by atoms with van der Waals surface area (Å²) in [6, 6.07) is 72.9. The predicted molar refractivity (Wildman–Crippen MR) is 270 cm³/mol. The van der Waals surface area contributed by atoms with Crippen molar-refractivity contribution in [3.63, 3.8) is 0 Å². The minimum atomic E-state index is 1.02. The van der Waals surface area contributed by atoms with Gasteiger partial charge in [0.15, 0.2) is 0 Å². The van der Waals surface area contributed by atoms with Gasteiger partial charge in [0.1, 0.15) is 0 Å². The largest absolute Gasteiger partial charge is 0.313 e. The van der Waals surface area contributed by atoms with Crippen molar-refractivity contribution < 1.29 is 0 Å². The minimum Gasteiger partial charge on any atom is -0.313 e. The molecule has 0 saturated carbocycles. The zero-order valence-corrected chi connectivity index (χ0v) is 35.6. The molecule has 2 aliphatic carbocycles. The Labute approximate surface area is 374 Å². The Morgan fingerprint density at radius 1 is 0.359 bits per heavy atom. The average Bonchev–Trinajstić information content (AvgIpc) is 3.88. The normalized spacial score (nSPS) is 13.3. The molecular formula is C60H46N4. The van der Waals surface area contributed by atoms with Crippen LogP contribution in [0.15, 0.2) is 230 Å². The lowest BCUT2D eigenvalue weighted by Crippen LogP contribution is -2.16. The molecule has 12 rings (SSSR count). The summed E-state index contributed by atoms with van der Waals surface area (Å²) >= 11 is 0. The molecule has 0 spiro atoms. The lowest BCUT2D eigenvalue weighted by molar-refractivity contribution is 0.888. The van der Waals surface area contributed by atoms with Crippen LogP contribution in [0.4, 0.5) is 28.4 Å². The molecule has 10 aromatic rings. The fourth-order valence-corrected chi connectivity index (χ4v) is 10.0. The van der Waals surface area contributed by atoms with Crippen molar-refractivity contribution in [1.82, 2.24) is 9.13 Å². The van der Waals surface area contributed by atoms with Crippen molar-refractivity contribution in [1.29, 1.82) is 0 Å². The Morgan fingerprint density at radius 3 is 1.55 bits per heavy atom. The molecular weight excluding hydrogens is 777 g/mol. The summed E-state index contributed by atoms with van der Waals surface area (Å²) in [5.74, 6) is 0. The second-order valence-corrected chi connectivity index (χ2v) is 16.8. The Balaban J connectivity index is 0.895. The fraction of sp³-hybridized carbons (Fsp3) is 0.0667. The van der Waals surface area contributed by atoms with Crippen LogP contribution in [-0.4, -0.2) is 9.13 Å². The van der Waals surface area contributed by atoms with Crippen LogP contribution >= 0.6 is 0 Å². The van der Waals surface area contributed by atoms with Crippen LogP contribution in [-0.2, 0) is 6.42 Å². The van der Waals surface area contributed by atoms with Crippen molar-refractivity contribution in [3.8, 4) is 22.5 Å². The molecule has 0 saturated heterocycles. The molecule has 64 heavy (non-hydrogen) atoms. The lowest BCUT2D eigenvalue weighted by atomic mass is 10.0. The van der Waals surface area contributed by atoms with E-state index in [9.17, 15) is 0 Å². The summed E-state index contributed by atoms with van der Waals surface area (Å²) in [5.41, 5.74) is 17.9. The molecule has 0 aliphatic heterocycles. The molecule has 0 N–H and O–H groups in total. The maximum atomic E-state index is 2.46. The van der Waals surface area contributed by atoms with Crippen LogP contribution in [0.1, 0.15) is 30.5 Å². The van der Waals surface area contributed by atoms with E-state index in [0.29, 0.717) is 0 Å². The number of fused-ring (bicyclic) bond motifs is 6. The van der Waals surface area contributed by atoms with Crippen LogP contribution < -0.4 is 9.80 Å². The highest BCUT2D eigenvalue weighted by Gasteiger charge is 2.22. The van der Waals surface area contributed by atoms with Crippen LogP contribution in [0.3, 0.4) is 0 Å². The SMILES string of the molecule is C1=CC(N(c2ccc(-c3ccc(N(c4ccccc4)c4ccc5c(c4)c4c(n5-c5ccccc5)CCC=C4)cc3)cc2)c2ccc3c(c2)c2ccccc2n3-c2ccccc2)=CCC1. The Hall–Kier alpha value is -8.08. The van der Waals surface area contributed by atoms with E-state index in [-0.39, 0.29) is 0 Å². The number of hydrogen-bond acceptors (Lipinski definition) is 2. The van der Waals surface area contributed by atoms with E-state index < -0.39 is 0 Å². The first-order valence-corrected chi connectivity index (χ1v) is 22.5. The highest BCUT2D eigenvalue weighted by atomic mass is 15.2. The Bertz CT molecular complexity index is 3410. The molecule has 2 heterocycles. The first-order chi connectivity index (χ1) is 31.8. The van der Waals surface area contributed by atoms with Gasteiger partial charge in [0.2, 0.25) is 0 Å². The molecule has 0 fully saturated rings. The van der Waals surface area contributed by atoms with Gasteiger partial charge >= 0.3 is 0 Å². The van der Waals surface area contributed by atoms with Crippen molar-refractivity contribution in [2.24, 2.45) is 0 Å². The number of nitrogens with zero attached hydrogens (tertiary/aromatic N) is 4. The van der Waals surface area contributed by atoms with Gasteiger partial charge in [-0.1, -0.05) is 121 Å². The van der Waals surface area contributed by atoms with E-state index >= 15 is 0 Å². The van der Waals surface area contributed by atoms with E-state index in [1.807, 2.05) is 0 Å². The van der Waals surface area contributed by atoms with E-state index in [1.165, 1.54) is 72.2 Å². The molecule has 4 nitrogen and oxygen atoms in total. The van der Waals surface area contributed by atoms with Gasteiger partial charge in [0, 0.05) is 72.9 Å². The first kappa shape index (κ1) is 37.7. The molecule has 0 unspecified atom stereocenters. The Morgan fingerprint density at radius 2 is 0.875 bits per heavy atom. The topological polar surface area (TPSA) is 16.3 Å². The number of aromatic nitrogens is 2. The second-order valence-electron chi connectivity index (χ2n) is 16.8. The van der Waals surface area contributed by atoms with Crippen molar-refractivity contribution in [2.75, 3.05) is 9.80 Å². The lowest BCUT2D eigenvalue weighted by Gasteiger charge is -2.28. The molecule has 0 amide bonds. The maximum absolute atomic E-state index is 2.46. The number of hydrogen-bond donors (Lipinski definition) is 0. The second kappa shape index (κ2) is 16.0. The monoisotopic (exact) mass is 822 g/mol. The summed E-state index contributed by atoms with van der Waals surface area (Å²) in [6.07, 6.45) is 15.7. The summed E-state index contributed by atoms with van der Waals surface area (Å²) in [5, 5.41) is 3.77. The van der Waals surface area contributed by atoms with Gasteiger partial charge in [-0.2, -0.15) is 0 Å². The van der Waals surface area contributed by atoms with Gasteiger partial charge in [0.05, 0.1) is 16.6 Å².